The van der Waals surface area contributed by atoms with E-state index in [-0.39, 0.29) is 0 Å². The maximum atomic E-state index is 9.89. The molecule has 1 aliphatic heterocycles. The van der Waals surface area contributed by atoms with Crippen LogP contribution in [-0.2, 0) is 6.54 Å². The summed E-state index contributed by atoms with van der Waals surface area (Å²) in [7, 11) is 0. The van der Waals surface area contributed by atoms with Crippen LogP contribution < -0.4 is 4.90 Å². The third-order valence-electron chi connectivity index (χ3n) is 5.70. The molecule has 0 aliphatic carbocycles. The number of nitriles is 1. The van der Waals surface area contributed by atoms with Gasteiger partial charge in [-0.3, -0.25) is 9.88 Å². The Morgan fingerprint density at radius 1 is 0.938 bits per heavy atom. The molecular formula is C23H19Cl2N7. The Labute approximate surface area is 195 Å². The zero-order valence-corrected chi connectivity index (χ0v) is 18.6. The molecule has 4 heterocycles. The largest absolute Gasteiger partial charge is 0.351 e. The van der Waals surface area contributed by atoms with Crippen molar-refractivity contribution in [2.24, 2.45) is 0 Å². The minimum atomic E-state index is 0.489. The van der Waals surface area contributed by atoms with Crippen molar-refractivity contribution in [3.05, 3.63) is 76.2 Å². The van der Waals surface area contributed by atoms with Gasteiger partial charge in [-0.15, -0.1) is 5.10 Å². The molecule has 1 aliphatic rings. The fourth-order valence-electron chi connectivity index (χ4n) is 4.02. The van der Waals surface area contributed by atoms with Crippen molar-refractivity contribution in [2.45, 2.75) is 6.54 Å². The molecule has 1 fully saturated rings. The van der Waals surface area contributed by atoms with Gasteiger partial charge in [0.15, 0.2) is 11.5 Å². The highest BCUT2D eigenvalue weighted by molar-refractivity contribution is 6.35. The first-order valence-corrected chi connectivity index (χ1v) is 11.0. The molecule has 7 nitrogen and oxygen atoms in total. The number of anilines is 1. The summed E-state index contributed by atoms with van der Waals surface area (Å²) in [6.45, 7) is 3.79. The Balaban J connectivity index is 1.41. The summed E-state index contributed by atoms with van der Waals surface area (Å²) in [4.78, 5) is 13.0. The molecule has 0 bridgehead atoms. The highest BCUT2D eigenvalue weighted by Gasteiger charge is 2.25. The van der Waals surface area contributed by atoms with Crippen LogP contribution in [0.1, 0.15) is 11.1 Å². The number of pyridine rings is 1. The molecule has 4 aromatic rings. The minimum Gasteiger partial charge on any atom is -0.351 e. The van der Waals surface area contributed by atoms with Gasteiger partial charge < -0.3 is 4.90 Å². The molecule has 0 amide bonds. The first-order valence-electron chi connectivity index (χ1n) is 10.2. The van der Waals surface area contributed by atoms with Crippen molar-refractivity contribution in [2.75, 3.05) is 31.1 Å². The van der Waals surface area contributed by atoms with Crippen LogP contribution in [0.5, 0.6) is 0 Å². The first kappa shape index (κ1) is 20.7. The second kappa shape index (κ2) is 8.75. The topological polar surface area (TPSA) is 73.4 Å². The third kappa shape index (κ3) is 3.78. The lowest BCUT2D eigenvalue weighted by Gasteiger charge is -2.35. The van der Waals surface area contributed by atoms with E-state index in [0.29, 0.717) is 33.6 Å². The Hall–Kier alpha value is -3.18. The average molecular weight is 464 g/mol. The molecule has 0 saturated carbocycles. The SMILES string of the molecule is N#Cc1c(N2CCN(Cc3c(Cl)cccc3Cl)CC2)nn2c(-c3ccncc3)ccnc12. The van der Waals surface area contributed by atoms with Crippen molar-refractivity contribution in [1.29, 1.82) is 5.26 Å². The van der Waals surface area contributed by atoms with E-state index in [0.717, 1.165) is 43.0 Å². The standard InChI is InChI=1S/C23H19Cl2N7/c24-19-2-1-3-20(25)18(19)15-30-10-12-31(13-11-30)23-17(14-26)22-28-9-6-21(32(22)29-23)16-4-7-27-8-5-16/h1-9H,10-13,15H2. The average Bonchev–Trinajstić information content (AvgIpc) is 3.21. The molecule has 1 aromatic carbocycles. The maximum Gasteiger partial charge on any atom is 0.175 e. The van der Waals surface area contributed by atoms with Gasteiger partial charge in [0.2, 0.25) is 0 Å². The van der Waals surface area contributed by atoms with Crippen LogP contribution in [0.15, 0.2) is 55.0 Å². The second-order valence-electron chi connectivity index (χ2n) is 7.58. The molecule has 1 saturated heterocycles. The molecule has 160 valence electrons. The molecule has 0 N–H and O–H groups in total. The lowest BCUT2D eigenvalue weighted by atomic mass is 10.2. The van der Waals surface area contributed by atoms with E-state index in [1.165, 1.54) is 0 Å². The highest BCUT2D eigenvalue weighted by atomic mass is 35.5. The maximum absolute atomic E-state index is 9.89. The second-order valence-corrected chi connectivity index (χ2v) is 8.39. The summed E-state index contributed by atoms with van der Waals surface area (Å²) in [5, 5.41) is 16.0. The lowest BCUT2D eigenvalue weighted by molar-refractivity contribution is 0.249. The van der Waals surface area contributed by atoms with Gasteiger partial charge in [0.25, 0.3) is 0 Å². The summed E-state index contributed by atoms with van der Waals surface area (Å²) in [5.74, 6) is 0.664. The first-order chi connectivity index (χ1) is 15.7. The van der Waals surface area contributed by atoms with Crippen molar-refractivity contribution in [3.63, 3.8) is 0 Å². The molecule has 0 atom stereocenters. The minimum absolute atomic E-state index is 0.489. The summed E-state index contributed by atoms with van der Waals surface area (Å²) >= 11 is 12.7. The summed E-state index contributed by atoms with van der Waals surface area (Å²) in [5.41, 5.74) is 3.83. The Morgan fingerprint density at radius 2 is 1.66 bits per heavy atom. The number of piperazine rings is 1. The van der Waals surface area contributed by atoms with E-state index in [2.05, 4.69) is 25.8 Å². The van der Waals surface area contributed by atoms with Gasteiger partial charge >= 0.3 is 0 Å². The Kier molecular flexibility index (Phi) is 5.66. The normalized spacial score (nSPS) is 14.6. The smallest absolute Gasteiger partial charge is 0.175 e. The van der Waals surface area contributed by atoms with Crippen LogP contribution >= 0.6 is 23.2 Å². The quantitative estimate of drug-likeness (QED) is 0.449. The van der Waals surface area contributed by atoms with Crippen LogP contribution in [0.3, 0.4) is 0 Å². The predicted molar refractivity (Wildman–Crippen MR) is 125 cm³/mol. The Bertz CT molecular complexity index is 1290. The van der Waals surface area contributed by atoms with E-state index in [1.807, 2.05) is 36.4 Å². The molecule has 0 radical (unpaired) electrons. The van der Waals surface area contributed by atoms with Gasteiger partial charge in [-0.05, 0) is 30.3 Å². The van der Waals surface area contributed by atoms with Crippen LogP contribution in [0, 0.1) is 11.3 Å². The Morgan fingerprint density at radius 3 is 2.34 bits per heavy atom. The van der Waals surface area contributed by atoms with Gasteiger partial charge in [-0.2, -0.15) is 5.26 Å². The van der Waals surface area contributed by atoms with Crippen molar-refractivity contribution < 1.29 is 0 Å². The lowest BCUT2D eigenvalue weighted by Crippen LogP contribution is -2.46. The fourth-order valence-corrected chi connectivity index (χ4v) is 4.54. The number of aromatic nitrogens is 4. The van der Waals surface area contributed by atoms with Gasteiger partial charge in [-0.1, -0.05) is 29.3 Å². The van der Waals surface area contributed by atoms with Crippen molar-refractivity contribution in [1.82, 2.24) is 24.5 Å². The zero-order valence-electron chi connectivity index (χ0n) is 17.1. The van der Waals surface area contributed by atoms with Crippen LogP contribution in [0.25, 0.3) is 16.9 Å². The van der Waals surface area contributed by atoms with E-state index in [9.17, 15) is 5.26 Å². The molecule has 5 rings (SSSR count). The van der Waals surface area contributed by atoms with E-state index in [1.54, 1.807) is 23.1 Å². The van der Waals surface area contributed by atoms with Crippen LogP contribution in [0.4, 0.5) is 5.82 Å². The molecule has 9 heteroatoms. The number of hydrogen-bond donors (Lipinski definition) is 0. The van der Waals surface area contributed by atoms with Crippen molar-refractivity contribution in [3.8, 4) is 17.3 Å². The zero-order chi connectivity index (χ0) is 22.1. The molecule has 32 heavy (non-hydrogen) atoms. The summed E-state index contributed by atoms with van der Waals surface area (Å²) in [6.07, 6.45) is 5.19. The summed E-state index contributed by atoms with van der Waals surface area (Å²) < 4.78 is 1.75. The van der Waals surface area contributed by atoms with Crippen LogP contribution in [-0.4, -0.2) is 50.7 Å². The van der Waals surface area contributed by atoms with Crippen molar-refractivity contribution >= 4 is 34.7 Å². The molecule has 0 unspecified atom stereocenters. The molecule has 3 aromatic heterocycles. The molecular weight excluding hydrogens is 445 g/mol. The van der Waals surface area contributed by atoms with E-state index >= 15 is 0 Å². The molecule has 0 spiro atoms. The van der Waals surface area contributed by atoms with Gasteiger partial charge in [0, 0.05) is 72.5 Å². The fraction of sp³-hybridized carbons (Fsp3) is 0.217. The number of fused-ring (bicyclic) bond motifs is 1. The predicted octanol–water partition coefficient (Wildman–Crippen LogP) is 4.29. The van der Waals surface area contributed by atoms with Gasteiger partial charge in [0.1, 0.15) is 11.6 Å². The summed E-state index contributed by atoms with van der Waals surface area (Å²) in [6, 6.07) is 13.6. The number of nitrogens with zero attached hydrogens (tertiary/aromatic N) is 7. The number of benzene rings is 1. The number of halogens is 2. The van der Waals surface area contributed by atoms with Gasteiger partial charge in [-0.25, -0.2) is 9.50 Å². The van der Waals surface area contributed by atoms with Gasteiger partial charge in [0.05, 0.1) is 5.69 Å². The van der Waals surface area contributed by atoms with E-state index < -0.39 is 0 Å². The van der Waals surface area contributed by atoms with E-state index in [4.69, 9.17) is 28.3 Å². The number of hydrogen-bond acceptors (Lipinski definition) is 6. The monoisotopic (exact) mass is 463 g/mol. The third-order valence-corrected chi connectivity index (χ3v) is 6.41. The van der Waals surface area contributed by atoms with Crippen LogP contribution in [0.2, 0.25) is 10.0 Å². The highest BCUT2D eigenvalue weighted by Crippen LogP contribution is 2.29. The number of rotatable bonds is 4.